The van der Waals surface area contributed by atoms with Crippen molar-refractivity contribution >= 4 is 16.8 Å². The van der Waals surface area contributed by atoms with E-state index in [1.165, 1.54) is 5.56 Å². The molecule has 5 nitrogen and oxygen atoms in total. The summed E-state index contributed by atoms with van der Waals surface area (Å²) in [6.45, 7) is 8.50. The molecule has 25 heavy (non-hydrogen) atoms. The number of nitrogens with one attached hydrogen (secondary N) is 1. The van der Waals surface area contributed by atoms with Crippen molar-refractivity contribution in [2.75, 3.05) is 39.9 Å². The van der Waals surface area contributed by atoms with E-state index in [9.17, 15) is 4.79 Å². The van der Waals surface area contributed by atoms with Crippen molar-refractivity contribution in [3.05, 3.63) is 41.1 Å². The molecule has 0 bridgehead atoms. The van der Waals surface area contributed by atoms with Gasteiger partial charge in [-0.25, -0.2) is 0 Å². The van der Waals surface area contributed by atoms with E-state index < -0.39 is 0 Å². The van der Waals surface area contributed by atoms with Gasteiger partial charge >= 0.3 is 0 Å². The van der Waals surface area contributed by atoms with Crippen molar-refractivity contribution in [1.29, 1.82) is 0 Å². The number of pyridine rings is 1. The number of carbonyl (C=O) groups is 1. The topological polar surface area (TPSA) is 54.5 Å². The number of nitrogens with zero attached hydrogens (tertiary/aromatic N) is 2. The van der Waals surface area contributed by atoms with Crippen LogP contribution < -0.4 is 5.32 Å². The molecule has 1 unspecified atom stereocenters. The smallest absolute Gasteiger partial charge is 0.253 e. The largest absolute Gasteiger partial charge is 0.383 e. The molecule has 1 saturated heterocycles. The molecule has 1 N–H and O–H groups in total. The van der Waals surface area contributed by atoms with Crippen LogP contribution in [0.1, 0.15) is 28.0 Å². The predicted molar refractivity (Wildman–Crippen MR) is 100.0 cm³/mol. The Morgan fingerprint density at radius 2 is 2.20 bits per heavy atom. The zero-order chi connectivity index (χ0) is 17.8. The highest BCUT2D eigenvalue weighted by Crippen LogP contribution is 2.19. The summed E-state index contributed by atoms with van der Waals surface area (Å²) < 4.78 is 5.13. The van der Waals surface area contributed by atoms with Gasteiger partial charge in [0.25, 0.3) is 5.91 Å². The van der Waals surface area contributed by atoms with Crippen LogP contribution in [-0.4, -0.2) is 55.7 Å². The first-order valence-electron chi connectivity index (χ1n) is 8.94. The summed E-state index contributed by atoms with van der Waals surface area (Å²) >= 11 is 0. The van der Waals surface area contributed by atoms with Gasteiger partial charge in [0.2, 0.25) is 0 Å². The van der Waals surface area contributed by atoms with Crippen molar-refractivity contribution in [2.45, 2.75) is 20.3 Å². The summed E-state index contributed by atoms with van der Waals surface area (Å²) in [4.78, 5) is 19.6. The molecule has 134 valence electrons. The first-order chi connectivity index (χ1) is 12.1. The van der Waals surface area contributed by atoms with E-state index in [-0.39, 0.29) is 5.91 Å². The first-order valence-corrected chi connectivity index (χ1v) is 8.94. The van der Waals surface area contributed by atoms with Crippen LogP contribution in [0.15, 0.2) is 24.3 Å². The number of aromatic nitrogens is 1. The molecule has 0 radical (unpaired) electrons. The van der Waals surface area contributed by atoms with Crippen LogP contribution >= 0.6 is 0 Å². The van der Waals surface area contributed by atoms with Gasteiger partial charge in [-0.05, 0) is 50.9 Å². The van der Waals surface area contributed by atoms with Crippen LogP contribution in [0, 0.1) is 19.8 Å². The van der Waals surface area contributed by atoms with Crippen molar-refractivity contribution in [2.24, 2.45) is 5.92 Å². The van der Waals surface area contributed by atoms with E-state index >= 15 is 0 Å². The Morgan fingerprint density at radius 1 is 1.36 bits per heavy atom. The second-order valence-electron chi connectivity index (χ2n) is 6.98. The molecule has 2 aromatic rings. The van der Waals surface area contributed by atoms with Crippen LogP contribution in [0.25, 0.3) is 10.9 Å². The lowest BCUT2D eigenvalue weighted by molar-refractivity contribution is 0.0946. The number of benzene rings is 1. The SMILES string of the molecule is COCCN1CCC(CNC(=O)c2cc3cc(C)ccc3nc2C)C1. The summed E-state index contributed by atoms with van der Waals surface area (Å²) in [5.74, 6) is 0.487. The standard InChI is InChI=1S/C20H27N3O2/c1-14-4-5-19-17(10-14)11-18(15(2)22-19)20(24)21-12-16-6-7-23(13-16)8-9-25-3/h4-5,10-11,16H,6-9,12-13H2,1-3H3,(H,21,24). The molecule has 1 atom stereocenters. The molecule has 1 aliphatic rings. The molecule has 0 aliphatic carbocycles. The minimum absolute atomic E-state index is 0.0243. The van der Waals surface area contributed by atoms with Crippen molar-refractivity contribution in [1.82, 2.24) is 15.2 Å². The number of hydrogen-bond donors (Lipinski definition) is 1. The first kappa shape index (κ1) is 17.8. The maximum Gasteiger partial charge on any atom is 0.253 e. The second kappa shape index (κ2) is 7.93. The quantitative estimate of drug-likeness (QED) is 0.877. The van der Waals surface area contributed by atoms with Gasteiger partial charge in [-0.15, -0.1) is 0 Å². The maximum absolute atomic E-state index is 12.6. The monoisotopic (exact) mass is 341 g/mol. The fourth-order valence-corrected chi connectivity index (χ4v) is 3.46. The third kappa shape index (κ3) is 4.35. The molecule has 1 aromatic heterocycles. The molecule has 0 spiro atoms. The normalized spacial score (nSPS) is 18.0. The average molecular weight is 341 g/mol. The average Bonchev–Trinajstić information content (AvgIpc) is 3.05. The van der Waals surface area contributed by atoms with Crippen LogP contribution in [0.3, 0.4) is 0 Å². The second-order valence-corrected chi connectivity index (χ2v) is 6.98. The Labute approximate surface area is 149 Å². The fraction of sp³-hybridized carbons (Fsp3) is 0.500. The summed E-state index contributed by atoms with van der Waals surface area (Å²) in [5, 5.41) is 4.12. The van der Waals surface area contributed by atoms with Crippen LogP contribution in [-0.2, 0) is 4.74 Å². The molecule has 5 heteroatoms. The Kier molecular flexibility index (Phi) is 5.66. The van der Waals surface area contributed by atoms with E-state index in [4.69, 9.17) is 4.74 Å². The van der Waals surface area contributed by atoms with Crippen molar-refractivity contribution < 1.29 is 9.53 Å². The highest BCUT2D eigenvalue weighted by atomic mass is 16.5. The molecule has 3 rings (SSSR count). The number of hydrogen-bond acceptors (Lipinski definition) is 4. The van der Waals surface area contributed by atoms with Gasteiger partial charge in [0.1, 0.15) is 0 Å². The van der Waals surface area contributed by atoms with E-state index in [0.29, 0.717) is 18.0 Å². The number of amides is 1. The minimum atomic E-state index is -0.0243. The summed E-state index contributed by atoms with van der Waals surface area (Å²) in [5.41, 5.74) is 3.56. The highest BCUT2D eigenvalue weighted by Gasteiger charge is 2.23. The van der Waals surface area contributed by atoms with Gasteiger partial charge in [0.15, 0.2) is 0 Å². The number of rotatable bonds is 6. The Hall–Kier alpha value is -1.98. The number of methoxy groups -OCH3 is 1. The van der Waals surface area contributed by atoms with E-state index in [0.717, 1.165) is 49.3 Å². The van der Waals surface area contributed by atoms with Crippen LogP contribution in [0.2, 0.25) is 0 Å². The molecular weight excluding hydrogens is 314 g/mol. The molecule has 0 saturated carbocycles. The third-order valence-corrected chi connectivity index (χ3v) is 4.94. The fourth-order valence-electron chi connectivity index (χ4n) is 3.46. The molecular formula is C20H27N3O2. The summed E-state index contributed by atoms with van der Waals surface area (Å²) in [7, 11) is 1.73. The molecule has 1 amide bonds. The highest BCUT2D eigenvalue weighted by molar-refractivity contribution is 5.98. The Balaban J connectivity index is 1.62. The molecule has 1 aromatic carbocycles. The van der Waals surface area contributed by atoms with Crippen LogP contribution in [0.4, 0.5) is 0 Å². The maximum atomic E-state index is 12.6. The number of fused-ring (bicyclic) bond motifs is 1. The predicted octanol–water partition coefficient (Wildman–Crippen LogP) is 2.55. The van der Waals surface area contributed by atoms with Gasteiger partial charge in [-0.3, -0.25) is 9.78 Å². The van der Waals surface area contributed by atoms with Gasteiger partial charge in [0.05, 0.1) is 23.4 Å². The number of ether oxygens (including phenoxy) is 1. The molecule has 2 heterocycles. The lowest BCUT2D eigenvalue weighted by Crippen LogP contribution is -2.32. The van der Waals surface area contributed by atoms with Gasteiger partial charge in [-0.1, -0.05) is 11.6 Å². The molecule has 1 fully saturated rings. The zero-order valence-corrected chi connectivity index (χ0v) is 15.3. The third-order valence-electron chi connectivity index (χ3n) is 4.94. The van der Waals surface area contributed by atoms with E-state index in [1.54, 1.807) is 7.11 Å². The van der Waals surface area contributed by atoms with Gasteiger partial charge in [0, 0.05) is 32.1 Å². The van der Waals surface area contributed by atoms with E-state index in [1.807, 2.05) is 25.1 Å². The summed E-state index contributed by atoms with van der Waals surface area (Å²) in [6.07, 6.45) is 1.12. The minimum Gasteiger partial charge on any atom is -0.383 e. The van der Waals surface area contributed by atoms with Gasteiger partial charge in [-0.2, -0.15) is 0 Å². The number of carbonyl (C=O) groups excluding carboxylic acids is 1. The van der Waals surface area contributed by atoms with Crippen molar-refractivity contribution in [3.63, 3.8) is 0 Å². The number of aryl methyl sites for hydroxylation is 2. The lowest BCUT2D eigenvalue weighted by atomic mass is 10.1. The Morgan fingerprint density at radius 3 is 3.00 bits per heavy atom. The van der Waals surface area contributed by atoms with Gasteiger partial charge < -0.3 is 15.0 Å². The van der Waals surface area contributed by atoms with E-state index in [2.05, 4.69) is 28.2 Å². The number of likely N-dealkylation sites (tertiary alicyclic amines) is 1. The summed E-state index contributed by atoms with van der Waals surface area (Å²) in [6, 6.07) is 8.08. The lowest BCUT2D eigenvalue weighted by Gasteiger charge is -2.16. The van der Waals surface area contributed by atoms with Crippen molar-refractivity contribution in [3.8, 4) is 0 Å². The Bertz CT molecular complexity index is 760. The zero-order valence-electron chi connectivity index (χ0n) is 15.3. The van der Waals surface area contributed by atoms with Crippen LogP contribution in [0.5, 0.6) is 0 Å². The molecule has 1 aliphatic heterocycles.